The van der Waals surface area contributed by atoms with Gasteiger partial charge >= 0.3 is 0 Å². The second-order valence-electron chi connectivity index (χ2n) is 8.60. The molecule has 10 nitrogen and oxygen atoms in total. The number of sulfonamides is 1. The van der Waals surface area contributed by atoms with Crippen molar-refractivity contribution in [3.8, 4) is 0 Å². The van der Waals surface area contributed by atoms with Crippen molar-refractivity contribution in [2.75, 3.05) is 65.8 Å². The van der Waals surface area contributed by atoms with Gasteiger partial charge in [0.2, 0.25) is 10.0 Å². The molecular weight excluding hydrogens is 553 g/mol. The van der Waals surface area contributed by atoms with Crippen molar-refractivity contribution >= 4 is 33.2 Å². The maximum absolute atomic E-state index is 13.0. The van der Waals surface area contributed by atoms with Gasteiger partial charge in [0, 0.05) is 47.1 Å². The summed E-state index contributed by atoms with van der Waals surface area (Å²) in [6.45, 7) is 6.88. The van der Waals surface area contributed by atoms with E-state index in [1.807, 2.05) is 12.1 Å². The lowest BCUT2D eigenvalue weighted by Crippen LogP contribution is -2.34. The number of likely N-dealkylation sites (N-methyl/N-ethyl adjacent to an activating group) is 1. The molecule has 0 aromatic heterocycles. The van der Waals surface area contributed by atoms with Crippen LogP contribution in [0.5, 0.6) is 0 Å². The zero-order valence-corrected chi connectivity index (χ0v) is 23.6. The molecule has 0 fully saturated rings. The van der Waals surface area contributed by atoms with E-state index in [-0.39, 0.29) is 30.5 Å². The van der Waals surface area contributed by atoms with Gasteiger partial charge in [0.25, 0.3) is 0 Å². The molecule has 1 heterocycles. The molecule has 0 aliphatic carbocycles. The van der Waals surface area contributed by atoms with Crippen LogP contribution in [0.4, 0.5) is 0 Å². The number of benzene rings is 2. The normalized spacial score (nSPS) is 15.7. The van der Waals surface area contributed by atoms with Crippen molar-refractivity contribution in [3.63, 3.8) is 0 Å². The lowest BCUT2D eigenvalue weighted by Gasteiger charge is -2.35. The number of nitrogens with one attached hydrogen (secondary N) is 1. The van der Waals surface area contributed by atoms with E-state index < -0.39 is 10.0 Å². The van der Waals surface area contributed by atoms with Crippen LogP contribution in [-0.4, -0.2) is 79.1 Å². The Labute approximate surface area is 233 Å². The Balaban J connectivity index is 1.49. The molecule has 0 saturated carbocycles. The first-order valence-electron chi connectivity index (χ1n) is 12.4. The van der Waals surface area contributed by atoms with Gasteiger partial charge < -0.3 is 14.2 Å². The van der Waals surface area contributed by atoms with E-state index in [2.05, 4.69) is 26.6 Å². The zero-order chi connectivity index (χ0) is 27.4. The van der Waals surface area contributed by atoms with E-state index in [0.717, 1.165) is 36.3 Å². The fourth-order valence-electron chi connectivity index (χ4n) is 4.19. The summed E-state index contributed by atoms with van der Waals surface area (Å²) < 4.78 is 44.6. The maximum Gasteiger partial charge on any atom is 0.240 e. The molecule has 0 saturated heterocycles. The lowest BCUT2D eigenvalue weighted by atomic mass is 9.84. The molecule has 2 aromatic carbocycles. The number of azide groups is 1. The van der Waals surface area contributed by atoms with E-state index in [4.69, 9.17) is 42.9 Å². The van der Waals surface area contributed by atoms with Gasteiger partial charge in [-0.1, -0.05) is 47.4 Å². The third kappa shape index (κ3) is 9.08. The van der Waals surface area contributed by atoms with E-state index in [1.165, 1.54) is 0 Å². The molecule has 1 N–H and O–H groups in total. The minimum absolute atomic E-state index is 0.0511. The average molecular weight is 587 g/mol. The topological polar surface area (TPSA) is 126 Å². The lowest BCUT2D eigenvalue weighted by molar-refractivity contribution is 0.0171. The van der Waals surface area contributed by atoms with Gasteiger partial charge in [0.1, 0.15) is 0 Å². The van der Waals surface area contributed by atoms with Crippen LogP contribution in [0, 0.1) is 0 Å². The van der Waals surface area contributed by atoms with Crippen molar-refractivity contribution in [2.45, 2.75) is 24.3 Å². The van der Waals surface area contributed by atoms with Crippen molar-refractivity contribution in [3.05, 3.63) is 73.6 Å². The van der Waals surface area contributed by atoms with E-state index in [9.17, 15) is 8.42 Å². The molecule has 3 rings (SSSR count). The number of hydrogen-bond acceptors (Lipinski definition) is 7. The van der Waals surface area contributed by atoms with Crippen molar-refractivity contribution in [2.24, 2.45) is 5.11 Å². The molecule has 0 radical (unpaired) electrons. The van der Waals surface area contributed by atoms with E-state index >= 15 is 0 Å². The maximum atomic E-state index is 13.0. The van der Waals surface area contributed by atoms with Gasteiger partial charge in [-0.25, -0.2) is 13.1 Å². The summed E-state index contributed by atoms with van der Waals surface area (Å²) in [5.74, 6) is -0.0511. The summed E-state index contributed by atoms with van der Waals surface area (Å²) in [6, 6.07) is 10.7. The van der Waals surface area contributed by atoms with Crippen LogP contribution in [0.25, 0.3) is 10.4 Å². The highest BCUT2D eigenvalue weighted by Crippen LogP contribution is 2.39. The quantitative estimate of drug-likeness (QED) is 0.133. The standard InChI is InChI=1S/C25H33Cl2N5O5S/c1-2-32-17-23(22-15-20(26)16-25(27)24(22)18-32)19-4-3-5-21(14-19)38(33,34)30-7-9-36-11-13-37-12-10-35-8-6-29-31-28/h3-5,14-16,23,30H,2,6-13,17-18H2,1H3. The Bertz CT molecular complexity index is 1210. The van der Waals surface area contributed by atoms with Gasteiger partial charge in [-0.3, -0.25) is 4.90 Å². The predicted octanol–water partition coefficient (Wildman–Crippen LogP) is 4.60. The van der Waals surface area contributed by atoms with E-state index in [0.29, 0.717) is 43.1 Å². The zero-order valence-electron chi connectivity index (χ0n) is 21.3. The molecule has 0 bridgehead atoms. The number of fused-ring (bicyclic) bond motifs is 1. The van der Waals surface area contributed by atoms with Gasteiger partial charge in [0.05, 0.1) is 44.5 Å². The number of rotatable bonds is 16. The third-order valence-electron chi connectivity index (χ3n) is 6.09. The highest BCUT2D eigenvalue weighted by molar-refractivity contribution is 7.89. The fraction of sp³-hybridized carbons (Fsp3) is 0.520. The Kier molecular flexibility index (Phi) is 12.6. The van der Waals surface area contributed by atoms with Crippen LogP contribution < -0.4 is 4.72 Å². The first-order chi connectivity index (χ1) is 18.4. The number of nitrogens with zero attached hydrogens (tertiary/aromatic N) is 4. The molecule has 208 valence electrons. The van der Waals surface area contributed by atoms with Gasteiger partial charge in [0.15, 0.2) is 0 Å². The third-order valence-corrected chi connectivity index (χ3v) is 8.11. The van der Waals surface area contributed by atoms with Gasteiger partial charge in [-0.2, -0.15) is 0 Å². The highest BCUT2D eigenvalue weighted by atomic mass is 35.5. The molecule has 38 heavy (non-hydrogen) atoms. The largest absolute Gasteiger partial charge is 0.379 e. The Hall–Kier alpha value is -1.92. The van der Waals surface area contributed by atoms with Crippen LogP contribution in [0.2, 0.25) is 10.0 Å². The second-order valence-corrected chi connectivity index (χ2v) is 11.2. The molecule has 1 unspecified atom stereocenters. The predicted molar refractivity (Wildman–Crippen MR) is 147 cm³/mol. The van der Waals surface area contributed by atoms with Crippen LogP contribution in [-0.2, 0) is 30.8 Å². The highest BCUT2D eigenvalue weighted by Gasteiger charge is 2.29. The van der Waals surface area contributed by atoms with Crippen molar-refractivity contribution in [1.82, 2.24) is 9.62 Å². The second kappa shape index (κ2) is 15.6. The van der Waals surface area contributed by atoms with Crippen LogP contribution in [0.1, 0.15) is 29.5 Å². The molecule has 2 aromatic rings. The average Bonchev–Trinajstić information content (AvgIpc) is 2.91. The molecule has 1 aliphatic rings. The molecule has 13 heteroatoms. The summed E-state index contributed by atoms with van der Waals surface area (Å²) in [5.41, 5.74) is 11.1. The summed E-state index contributed by atoms with van der Waals surface area (Å²) >= 11 is 12.8. The molecule has 0 spiro atoms. The number of hydrogen-bond donors (Lipinski definition) is 1. The SMILES string of the molecule is CCN1Cc2c(Cl)cc(Cl)cc2C(c2cccc(S(=O)(=O)NCCOCCOCCOCCN=[N+]=[N-])c2)C1. The summed E-state index contributed by atoms with van der Waals surface area (Å²) in [4.78, 5) is 5.12. The minimum Gasteiger partial charge on any atom is -0.379 e. The Morgan fingerprint density at radius 2 is 1.79 bits per heavy atom. The van der Waals surface area contributed by atoms with Gasteiger partial charge in [-0.15, -0.1) is 0 Å². The Morgan fingerprint density at radius 3 is 2.50 bits per heavy atom. The number of halogens is 2. The van der Waals surface area contributed by atoms with Crippen LogP contribution >= 0.6 is 23.2 Å². The van der Waals surface area contributed by atoms with Crippen LogP contribution in [0.3, 0.4) is 0 Å². The fourth-order valence-corrected chi connectivity index (χ4v) is 5.83. The molecule has 1 aliphatic heterocycles. The first-order valence-corrected chi connectivity index (χ1v) is 14.6. The first kappa shape index (κ1) is 30.6. The number of ether oxygens (including phenoxy) is 3. The van der Waals surface area contributed by atoms with Gasteiger partial charge in [-0.05, 0) is 53.0 Å². The van der Waals surface area contributed by atoms with Crippen molar-refractivity contribution < 1.29 is 22.6 Å². The summed E-state index contributed by atoms with van der Waals surface area (Å²) in [6.07, 6.45) is 0. The molecule has 1 atom stereocenters. The van der Waals surface area contributed by atoms with Crippen molar-refractivity contribution in [1.29, 1.82) is 0 Å². The Morgan fingerprint density at radius 1 is 1.08 bits per heavy atom. The smallest absolute Gasteiger partial charge is 0.240 e. The van der Waals surface area contributed by atoms with Crippen LogP contribution in [0.15, 0.2) is 46.4 Å². The minimum atomic E-state index is -3.72. The monoisotopic (exact) mass is 585 g/mol. The summed E-state index contributed by atoms with van der Waals surface area (Å²) in [7, 11) is -3.72. The molecular formula is C25H33Cl2N5O5S. The van der Waals surface area contributed by atoms with E-state index in [1.54, 1.807) is 24.3 Å². The summed E-state index contributed by atoms with van der Waals surface area (Å²) in [5, 5.41) is 4.56. The molecule has 0 amide bonds.